The fraction of sp³-hybridized carbons (Fsp3) is 0.923. The molecule has 0 fully saturated rings. The van der Waals surface area contributed by atoms with Crippen LogP contribution in [0.15, 0.2) is 0 Å². The first-order chi connectivity index (χ1) is 7.10. The van der Waals surface area contributed by atoms with E-state index in [-0.39, 0.29) is 5.97 Å². The molecule has 90 valence electrons. The molecule has 0 spiro atoms. The largest absolute Gasteiger partial charge is 0.466 e. The quantitative estimate of drug-likeness (QED) is 0.575. The lowest BCUT2D eigenvalue weighted by Gasteiger charge is -2.16. The summed E-state index contributed by atoms with van der Waals surface area (Å²) in [6.45, 7) is 8.83. The zero-order chi connectivity index (χ0) is 11.7. The molecule has 0 aliphatic heterocycles. The van der Waals surface area contributed by atoms with Gasteiger partial charge in [-0.1, -0.05) is 46.5 Å². The third kappa shape index (κ3) is 8.46. The van der Waals surface area contributed by atoms with Crippen LogP contribution in [0.1, 0.15) is 59.8 Å². The molecule has 2 unspecified atom stereocenters. The van der Waals surface area contributed by atoms with Crippen molar-refractivity contribution >= 4 is 5.97 Å². The summed E-state index contributed by atoms with van der Waals surface area (Å²) in [4.78, 5) is 10.6. The second-order valence-corrected chi connectivity index (χ2v) is 4.49. The third-order valence-electron chi connectivity index (χ3n) is 3.17. The van der Waals surface area contributed by atoms with E-state index in [0.717, 1.165) is 18.3 Å². The normalized spacial score (nSPS) is 14.7. The van der Waals surface area contributed by atoms with Crippen LogP contribution in [0.3, 0.4) is 0 Å². The van der Waals surface area contributed by atoms with Crippen molar-refractivity contribution in [2.45, 2.75) is 59.8 Å². The van der Waals surface area contributed by atoms with Gasteiger partial charge in [0.25, 0.3) is 0 Å². The first-order valence-corrected chi connectivity index (χ1v) is 6.23. The van der Waals surface area contributed by atoms with E-state index in [9.17, 15) is 4.79 Å². The second kappa shape index (κ2) is 8.75. The predicted octanol–water partition coefficient (Wildman–Crippen LogP) is 3.79. The molecular weight excluding hydrogens is 188 g/mol. The number of esters is 1. The first-order valence-electron chi connectivity index (χ1n) is 6.23. The van der Waals surface area contributed by atoms with Gasteiger partial charge in [-0.15, -0.1) is 0 Å². The smallest absolute Gasteiger partial charge is 0.302 e. The van der Waals surface area contributed by atoms with Crippen molar-refractivity contribution < 1.29 is 9.53 Å². The fourth-order valence-electron chi connectivity index (χ4n) is 1.65. The predicted molar refractivity (Wildman–Crippen MR) is 63.7 cm³/mol. The molecular formula is C13H26O2. The summed E-state index contributed by atoms with van der Waals surface area (Å²) in [6, 6.07) is 0. The zero-order valence-corrected chi connectivity index (χ0v) is 10.7. The number of carbonyl (C=O) groups is 1. The van der Waals surface area contributed by atoms with Crippen molar-refractivity contribution in [2.24, 2.45) is 11.8 Å². The van der Waals surface area contributed by atoms with Gasteiger partial charge in [-0.05, 0) is 18.3 Å². The molecule has 2 atom stereocenters. The molecule has 0 aromatic heterocycles. The zero-order valence-electron chi connectivity index (χ0n) is 10.7. The highest BCUT2D eigenvalue weighted by atomic mass is 16.5. The molecule has 0 saturated carbocycles. The third-order valence-corrected chi connectivity index (χ3v) is 3.17. The maximum absolute atomic E-state index is 10.6. The van der Waals surface area contributed by atoms with Crippen LogP contribution >= 0.6 is 0 Å². The highest BCUT2D eigenvalue weighted by molar-refractivity contribution is 5.65. The maximum atomic E-state index is 10.6. The Balaban J connectivity index is 3.59. The molecule has 0 heterocycles. The van der Waals surface area contributed by atoms with Gasteiger partial charge in [0.15, 0.2) is 0 Å². The van der Waals surface area contributed by atoms with E-state index in [1.807, 2.05) is 0 Å². The van der Waals surface area contributed by atoms with E-state index in [4.69, 9.17) is 4.74 Å². The van der Waals surface area contributed by atoms with Crippen LogP contribution in [-0.2, 0) is 9.53 Å². The molecule has 2 nitrogen and oxygen atoms in total. The molecule has 0 rings (SSSR count). The van der Waals surface area contributed by atoms with Crippen molar-refractivity contribution in [1.29, 1.82) is 0 Å². The lowest BCUT2D eigenvalue weighted by atomic mass is 9.92. The van der Waals surface area contributed by atoms with E-state index in [1.165, 1.54) is 32.6 Å². The monoisotopic (exact) mass is 214 g/mol. The summed E-state index contributed by atoms with van der Waals surface area (Å²) < 4.78 is 4.97. The number of hydrogen-bond acceptors (Lipinski definition) is 2. The van der Waals surface area contributed by atoms with Crippen LogP contribution in [0.5, 0.6) is 0 Å². The minimum Gasteiger partial charge on any atom is -0.466 e. The van der Waals surface area contributed by atoms with Gasteiger partial charge < -0.3 is 4.74 Å². The summed E-state index contributed by atoms with van der Waals surface area (Å²) in [5.74, 6) is 1.39. The van der Waals surface area contributed by atoms with Crippen LogP contribution in [0.25, 0.3) is 0 Å². The summed E-state index contributed by atoms with van der Waals surface area (Å²) in [5, 5.41) is 0. The highest BCUT2D eigenvalue weighted by Crippen LogP contribution is 2.20. The molecule has 0 aromatic carbocycles. The lowest BCUT2D eigenvalue weighted by Crippen LogP contribution is -2.08. The van der Waals surface area contributed by atoms with Gasteiger partial charge in [0, 0.05) is 6.92 Å². The highest BCUT2D eigenvalue weighted by Gasteiger charge is 2.09. The number of carbonyl (C=O) groups excluding carboxylic acids is 1. The van der Waals surface area contributed by atoms with Gasteiger partial charge in [0.05, 0.1) is 6.61 Å². The average Bonchev–Trinajstić information content (AvgIpc) is 2.22. The Kier molecular flexibility index (Phi) is 8.44. The Hall–Kier alpha value is -0.530. The average molecular weight is 214 g/mol. The molecule has 0 aromatic rings. The molecule has 2 heteroatoms. The van der Waals surface area contributed by atoms with E-state index < -0.39 is 0 Å². The summed E-state index contributed by atoms with van der Waals surface area (Å²) in [5.41, 5.74) is 0. The first kappa shape index (κ1) is 14.5. The standard InChI is InChI=1S/C13H26O2/c1-5-11(3)7-8-13(6-2)9-10-15-12(4)14/h11,13H,5-10H2,1-4H3. The van der Waals surface area contributed by atoms with Gasteiger partial charge in [-0.3, -0.25) is 4.79 Å². The van der Waals surface area contributed by atoms with Crippen LogP contribution in [-0.4, -0.2) is 12.6 Å². The van der Waals surface area contributed by atoms with E-state index in [1.54, 1.807) is 0 Å². The Morgan fingerprint density at radius 1 is 1.13 bits per heavy atom. The van der Waals surface area contributed by atoms with Gasteiger partial charge in [0.2, 0.25) is 0 Å². The van der Waals surface area contributed by atoms with Crippen molar-refractivity contribution in [2.75, 3.05) is 6.61 Å². The van der Waals surface area contributed by atoms with E-state index >= 15 is 0 Å². The van der Waals surface area contributed by atoms with Gasteiger partial charge in [-0.2, -0.15) is 0 Å². The number of rotatable bonds is 8. The van der Waals surface area contributed by atoms with E-state index in [2.05, 4.69) is 20.8 Å². The molecule has 15 heavy (non-hydrogen) atoms. The van der Waals surface area contributed by atoms with Crippen LogP contribution in [0.2, 0.25) is 0 Å². The van der Waals surface area contributed by atoms with Crippen molar-refractivity contribution in [3.63, 3.8) is 0 Å². The molecule has 0 amide bonds. The van der Waals surface area contributed by atoms with Gasteiger partial charge in [-0.25, -0.2) is 0 Å². The molecule has 0 N–H and O–H groups in total. The Bertz CT molecular complexity index is 166. The molecule has 0 saturated heterocycles. The lowest BCUT2D eigenvalue weighted by molar-refractivity contribution is -0.141. The van der Waals surface area contributed by atoms with Crippen molar-refractivity contribution in [3.8, 4) is 0 Å². The number of hydrogen-bond donors (Lipinski definition) is 0. The minimum absolute atomic E-state index is 0.160. The number of ether oxygens (including phenoxy) is 1. The molecule has 0 aliphatic rings. The Labute approximate surface area is 94.4 Å². The SMILES string of the molecule is CCC(C)CCC(CC)CCOC(C)=O. The van der Waals surface area contributed by atoms with Crippen LogP contribution in [0, 0.1) is 11.8 Å². The molecule has 0 radical (unpaired) electrons. The summed E-state index contributed by atoms with van der Waals surface area (Å²) >= 11 is 0. The molecule has 0 bridgehead atoms. The topological polar surface area (TPSA) is 26.3 Å². The van der Waals surface area contributed by atoms with Gasteiger partial charge in [0.1, 0.15) is 0 Å². The van der Waals surface area contributed by atoms with Crippen LogP contribution in [0.4, 0.5) is 0 Å². The fourth-order valence-corrected chi connectivity index (χ4v) is 1.65. The summed E-state index contributed by atoms with van der Waals surface area (Å²) in [6.07, 6.45) is 6.05. The minimum atomic E-state index is -0.160. The van der Waals surface area contributed by atoms with Crippen molar-refractivity contribution in [1.82, 2.24) is 0 Å². The second-order valence-electron chi connectivity index (χ2n) is 4.49. The van der Waals surface area contributed by atoms with Gasteiger partial charge >= 0.3 is 5.97 Å². The maximum Gasteiger partial charge on any atom is 0.302 e. The molecule has 0 aliphatic carbocycles. The Morgan fingerprint density at radius 2 is 1.80 bits per heavy atom. The Morgan fingerprint density at radius 3 is 2.27 bits per heavy atom. The van der Waals surface area contributed by atoms with Crippen molar-refractivity contribution in [3.05, 3.63) is 0 Å². The van der Waals surface area contributed by atoms with Crippen LogP contribution < -0.4 is 0 Å². The summed E-state index contributed by atoms with van der Waals surface area (Å²) in [7, 11) is 0. The van der Waals surface area contributed by atoms with E-state index in [0.29, 0.717) is 6.61 Å².